The minimum Gasteiger partial charge on any atom is -0.496 e. The molecule has 0 unspecified atom stereocenters. The van der Waals surface area contributed by atoms with E-state index in [9.17, 15) is 14.4 Å². The number of hydrogen-bond donors (Lipinski definition) is 2. The van der Waals surface area contributed by atoms with Gasteiger partial charge in [-0.1, -0.05) is 0 Å². The molecule has 188 valence electrons. The van der Waals surface area contributed by atoms with Gasteiger partial charge in [-0.25, -0.2) is 0 Å². The Kier molecular flexibility index (Phi) is 6.26. The number of anilines is 2. The van der Waals surface area contributed by atoms with E-state index in [1.165, 1.54) is 23.3 Å². The average Bonchev–Trinajstić information content (AvgIpc) is 3.57. The van der Waals surface area contributed by atoms with Crippen LogP contribution in [0.25, 0.3) is 10.9 Å². The van der Waals surface area contributed by atoms with Crippen LogP contribution in [0.2, 0.25) is 0 Å². The standard InChI is InChI=1S/C27H24N4O5S/c1-29-24(32)20-13-19-21(14-23(20)35-2)30-11-7-22(19)36-18-5-3-16(4-6-18)31(17-8-12-37-15-17)26(34)27(9-10-27)25(28)33/h3-8,11-15H,9-10H2,1-2H3,(H2,28,33)(H,29,32). The quantitative estimate of drug-likeness (QED) is 0.335. The topological polar surface area (TPSA) is 124 Å². The maximum atomic E-state index is 13.4. The molecule has 1 fully saturated rings. The molecular weight excluding hydrogens is 492 g/mol. The lowest BCUT2D eigenvalue weighted by atomic mass is 10.0. The highest BCUT2D eigenvalue weighted by Crippen LogP contribution is 2.49. The van der Waals surface area contributed by atoms with Crippen LogP contribution in [-0.2, 0) is 9.59 Å². The SMILES string of the molecule is CNC(=O)c1cc2c(Oc3ccc(N(C(=O)C4(C(N)=O)CC4)c4ccsc4)cc3)ccnc2cc1OC. The Balaban J connectivity index is 1.47. The summed E-state index contributed by atoms with van der Waals surface area (Å²) >= 11 is 1.45. The second-order valence-corrected chi connectivity index (χ2v) is 9.40. The van der Waals surface area contributed by atoms with Crippen molar-refractivity contribution in [2.45, 2.75) is 12.8 Å². The predicted molar refractivity (Wildman–Crippen MR) is 141 cm³/mol. The van der Waals surface area contributed by atoms with E-state index < -0.39 is 11.3 Å². The third kappa shape index (κ3) is 4.36. The molecular formula is C27H24N4O5S. The van der Waals surface area contributed by atoms with Gasteiger partial charge in [-0.05, 0) is 60.7 Å². The van der Waals surface area contributed by atoms with Crippen molar-refractivity contribution in [3.8, 4) is 17.2 Å². The molecule has 9 nitrogen and oxygen atoms in total. The van der Waals surface area contributed by atoms with Gasteiger partial charge in [-0.15, -0.1) is 0 Å². The lowest BCUT2D eigenvalue weighted by molar-refractivity contribution is -0.133. The Bertz CT molecular complexity index is 1500. The van der Waals surface area contributed by atoms with Crippen LogP contribution >= 0.6 is 11.3 Å². The van der Waals surface area contributed by atoms with Crippen molar-refractivity contribution < 1.29 is 23.9 Å². The molecule has 0 atom stereocenters. The number of amides is 3. The Hall–Kier alpha value is -4.44. The Morgan fingerprint density at radius 3 is 2.41 bits per heavy atom. The number of nitrogens with one attached hydrogen (secondary N) is 1. The van der Waals surface area contributed by atoms with E-state index in [1.54, 1.807) is 55.7 Å². The number of rotatable bonds is 8. The summed E-state index contributed by atoms with van der Waals surface area (Å²) in [5.74, 6) is 0.200. The maximum absolute atomic E-state index is 13.4. The molecule has 0 aliphatic heterocycles. The second-order valence-electron chi connectivity index (χ2n) is 8.62. The van der Waals surface area contributed by atoms with Crippen LogP contribution in [0, 0.1) is 5.41 Å². The van der Waals surface area contributed by atoms with Crippen molar-refractivity contribution in [2.24, 2.45) is 11.1 Å². The molecule has 37 heavy (non-hydrogen) atoms. The minimum atomic E-state index is -1.16. The third-order valence-corrected chi connectivity index (χ3v) is 7.09. The first kappa shape index (κ1) is 24.3. The summed E-state index contributed by atoms with van der Waals surface area (Å²) in [5.41, 5.74) is 6.65. The van der Waals surface area contributed by atoms with Crippen LogP contribution in [-0.4, -0.2) is 36.9 Å². The van der Waals surface area contributed by atoms with E-state index in [0.29, 0.717) is 57.9 Å². The van der Waals surface area contributed by atoms with Gasteiger partial charge in [0.1, 0.15) is 22.7 Å². The number of nitrogens with zero attached hydrogens (tertiary/aromatic N) is 2. The molecule has 3 amide bonds. The fourth-order valence-electron chi connectivity index (χ4n) is 4.18. The number of methoxy groups -OCH3 is 1. The van der Waals surface area contributed by atoms with Crippen molar-refractivity contribution in [2.75, 3.05) is 19.1 Å². The van der Waals surface area contributed by atoms with Gasteiger partial charge in [0, 0.05) is 35.8 Å². The molecule has 2 aromatic carbocycles. The van der Waals surface area contributed by atoms with E-state index >= 15 is 0 Å². The highest BCUT2D eigenvalue weighted by atomic mass is 32.1. The molecule has 0 radical (unpaired) electrons. The summed E-state index contributed by atoms with van der Waals surface area (Å²) in [4.78, 5) is 43.7. The van der Waals surface area contributed by atoms with Crippen molar-refractivity contribution >= 4 is 51.3 Å². The van der Waals surface area contributed by atoms with Gasteiger partial charge in [0.2, 0.25) is 11.8 Å². The summed E-state index contributed by atoms with van der Waals surface area (Å²) in [6, 6.07) is 13.9. The molecule has 10 heteroatoms. The summed E-state index contributed by atoms with van der Waals surface area (Å²) in [7, 11) is 3.04. The summed E-state index contributed by atoms with van der Waals surface area (Å²) in [6.07, 6.45) is 2.50. The van der Waals surface area contributed by atoms with Gasteiger partial charge >= 0.3 is 0 Å². The van der Waals surface area contributed by atoms with Gasteiger partial charge in [0.25, 0.3) is 5.91 Å². The first-order valence-electron chi connectivity index (χ1n) is 11.5. The second kappa shape index (κ2) is 9.55. The van der Waals surface area contributed by atoms with E-state index in [4.69, 9.17) is 15.2 Å². The largest absolute Gasteiger partial charge is 0.496 e. The summed E-state index contributed by atoms with van der Waals surface area (Å²) in [6.45, 7) is 0. The van der Waals surface area contributed by atoms with E-state index in [-0.39, 0.29) is 11.8 Å². The maximum Gasteiger partial charge on any atom is 0.254 e. The number of hydrogen-bond acceptors (Lipinski definition) is 7. The molecule has 0 spiro atoms. The van der Waals surface area contributed by atoms with Gasteiger partial charge in [-0.3, -0.25) is 24.3 Å². The van der Waals surface area contributed by atoms with E-state index in [0.717, 1.165) is 0 Å². The molecule has 0 bridgehead atoms. The zero-order valence-corrected chi connectivity index (χ0v) is 21.0. The molecule has 4 aromatic rings. The third-order valence-electron chi connectivity index (χ3n) is 6.42. The number of carbonyl (C=O) groups is 3. The fraction of sp³-hybridized carbons (Fsp3) is 0.185. The zero-order valence-electron chi connectivity index (χ0n) is 20.2. The van der Waals surface area contributed by atoms with Crippen LogP contribution in [0.15, 0.2) is 65.5 Å². The van der Waals surface area contributed by atoms with E-state index in [1.807, 2.05) is 16.8 Å². The number of carbonyl (C=O) groups excluding carboxylic acids is 3. The molecule has 2 heterocycles. The molecule has 5 rings (SSSR count). The predicted octanol–water partition coefficient (Wildman–Crippen LogP) is 4.39. The van der Waals surface area contributed by atoms with Gasteiger partial charge in [0.15, 0.2) is 0 Å². The Morgan fingerprint density at radius 2 is 1.81 bits per heavy atom. The van der Waals surface area contributed by atoms with Gasteiger partial charge in [-0.2, -0.15) is 11.3 Å². The summed E-state index contributed by atoms with van der Waals surface area (Å²) < 4.78 is 11.5. The molecule has 0 saturated heterocycles. The number of benzene rings is 2. The van der Waals surface area contributed by atoms with Gasteiger partial charge in [0.05, 0.1) is 23.9 Å². The van der Waals surface area contributed by atoms with E-state index in [2.05, 4.69) is 10.3 Å². The first-order chi connectivity index (χ1) is 17.9. The first-order valence-corrected chi connectivity index (χ1v) is 12.5. The van der Waals surface area contributed by atoms with Crippen LogP contribution in [0.1, 0.15) is 23.2 Å². The smallest absolute Gasteiger partial charge is 0.254 e. The van der Waals surface area contributed by atoms with Gasteiger partial charge < -0.3 is 20.5 Å². The monoisotopic (exact) mass is 516 g/mol. The van der Waals surface area contributed by atoms with Crippen molar-refractivity contribution in [1.82, 2.24) is 10.3 Å². The van der Waals surface area contributed by atoms with Crippen LogP contribution < -0.4 is 25.4 Å². The molecule has 3 N–H and O–H groups in total. The Labute approximate surface area is 216 Å². The lowest BCUT2D eigenvalue weighted by Gasteiger charge is -2.25. The lowest BCUT2D eigenvalue weighted by Crippen LogP contribution is -2.41. The molecule has 1 aliphatic rings. The summed E-state index contributed by atoms with van der Waals surface area (Å²) in [5, 5.41) is 6.96. The number of ether oxygens (including phenoxy) is 2. The Morgan fingerprint density at radius 1 is 1.05 bits per heavy atom. The minimum absolute atomic E-state index is 0.291. The van der Waals surface area contributed by atoms with Crippen LogP contribution in [0.4, 0.5) is 11.4 Å². The molecule has 2 aromatic heterocycles. The molecule has 1 aliphatic carbocycles. The molecule has 1 saturated carbocycles. The zero-order chi connectivity index (χ0) is 26.2. The van der Waals surface area contributed by atoms with Crippen LogP contribution in [0.5, 0.6) is 17.2 Å². The fourth-order valence-corrected chi connectivity index (χ4v) is 4.80. The number of fused-ring (bicyclic) bond motifs is 1. The average molecular weight is 517 g/mol. The number of primary amides is 1. The van der Waals surface area contributed by atoms with Crippen molar-refractivity contribution in [1.29, 1.82) is 0 Å². The van der Waals surface area contributed by atoms with Crippen molar-refractivity contribution in [3.63, 3.8) is 0 Å². The highest BCUT2D eigenvalue weighted by molar-refractivity contribution is 7.08. The number of pyridine rings is 1. The number of aromatic nitrogens is 1. The normalized spacial score (nSPS) is 13.6. The number of thiophene rings is 1. The van der Waals surface area contributed by atoms with Crippen molar-refractivity contribution in [3.05, 3.63) is 71.1 Å². The number of nitrogens with two attached hydrogens (primary N) is 1. The van der Waals surface area contributed by atoms with Crippen LogP contribution in [0.3, 0.4) is 0 Å². The highest BCUT2D eigenvalue weighted by Gasteiger charge is 2.57.